The molecule has 0 bridgehead atoms. The summed E-state index contributed by atoms with van der Waals surface area (Å²) in [7, 11) is -2.31. The third-order valence-corrected chi connectivity index (χ3v) is 9.19. The molecule has 164 valence electrons. The van der Waals surface area contributed by atoms with E-state index in [2.05, 4.69) is 9.71 Å². The number of aromatic nitrogens is 1. The van der Waals surface area contributed by atoms with Crippen molar-refractivity contribution in [2.75, 3.05) is 24.9 Å². The summed E-state index contributed by atoms with van der Waals surface area (Å²) < 4.78 is 33.4. The van der Waals surface area contributed by atoms with Crippen LogP contribution < -0.4 is 9.46 Å². The summed E-state index contributed by atoms with van der Waals surface area (Å²) in [5.41, 5.74) is 1.68. The highest BCUT2D eigenvalue weighted by molar-refractivity contribution is 7.94. The molecule has 4 rings (SSSR count). The number of rotatable bonds is 6. The average molecular weight is 498 g/mol. The van der Waals surface area contributed by atoms with Crippen LogP contribution in [0.1, 0.15) is 28.2 Å². The first kappa shape index (κ1) is 22.1. The lowest BCUT2D eigenvalue weighted by molar-refractivity contribution is 0.0796. The number of hydrogen-bond donors (Lipinski definition) is 1. The molecule has 0 aliphatic carbocycles. The topological polar surface area (TPSA) is 88.6 Å². The van der Waals surface area contributed by atoms with E-state index in [4.69, 9.17) is 16.3 Å². The highest BCUT2D eigenvalue weighted by Gasteiger charge is 2.25. The molecule has 0 saturated carbocycles. The molecule has 0 unspecified atom stereocenters. The van der Waals surface area contributed by atoms with E-state index in [-0.39, 0.29) is 10.1 Å². The molecular weight excluding hydrogens is 478 g/mol. The van der Waals surface area contributed by atoms with Crippen molar-refractivity contribution in [3.63, 3.8) is 0 Å². The smallest absolute Gasteiger partial charge is 0.271 e. The van der Waals surface area contributed by atoms with Gasteiger partial charge in [-0.15, -0.1) is 22.7 Å². The molecule has 2 aromatic heterocycles. The number of ether oxygens (including phenoxy) is 1. The number of benzene rings is 1. The van der Waals surface area contributed by atoms with Crippen LogP contribution in [0.15, 0.2) is 33.9 Å². The molecule has 11 heteroatoms. The molecule has 7 nitrogen and oxygen atoms in total. The molecule has 3 aromatic rings. The number of nitrogens with zero attached hydrogens (tertiary/aromatic N) is 2. The van der Waals surface area contributed by atoms with Gasteiger partial charge in [-0.05, 0) is 44.0 Å². The lowest BCUT2D eigenvalue weighted by atomic mass is 10.3. The van der Waals surface area contributed by atoms with E-state index in [9.17, 15) is 13.2 Å². The monoisotopic (exact) mass is 497 g/mol. The molecule has 1 aliphatic rings. The molecule has 0 radical (unpaired) electrons. The Kier molecular flexibility index (Phi) is 6.25. The zero-order valence-electron chi connectivity index (χ0n) is 16.8. The van der Waals surface area contributed by atoms with Gasteiger partial charge in [0.25, 0.3) is 15.9 Å². The maximum absolute atomic E-state index is 12.8. The van der Waals surface area contributed by atoms with Crippen LogP contribution in [0.3, 0.4) is 0 Å². The predicted octanol–water partition coefficient (Wildman–Crippen LogP) is 4.88. The van der Waals surface area contributed by atoms with Gasteiger partial charge >= 0.3 is 0 Å². The fraction of sp³-hybridized carbons (Fsp3) is 0.300. The number of amides is 1. The second-order valence-electron chi connectivity index (χ2n) is 7.04. The zero-order chi connectivity index (χ0) is 22.2. The van der Waals surface area contributed by atoms with E-state index in [1.54, 1.807) is 23.6 Å². The first-order valence-corrected chi connectivity index (χ1v) is 13.1. The summed E-state index contributed by atoms with van der Waals surface area (Å²) in [5, 5.41) is 2.67. The Morgan fingerprint density at radius 2 is 2.00 bits per heavy atom. The van der Waals surface area contributed by atoms with Crippen molar-refractivity contribution < 1.29 is 17.9 Å². The number of hydrogen-bond acceptors (Lipinski definition) is 7. The SMILES string of the molecule is COc1ccc(NS(=O)(=O)c2cc(-c3nc(C)c(C(=O)N4CCCC4)s3)cs2)cc1Cl. The second-order valence-corrected chi connectivity index (χ2v) is 11.3. The average Bonchev–Trinajstić information content (AvgIpc) is 3.48. The number of sulfonamides is 1. The molecule has 1 fully saturated rings. The van der Waals surface area contributed by atoms with Crippen LogP contribution in [0.2, 0.25) is 5.02 Å². The van der Waals surface area contributed by atoms with E-state index < -0.39 is 10.0 Å². The number of halogens is 1. The Bertz CT molecular complexity index is 1230. The highest BCUT2D eigenvalue weighted by atomic mass is 35.5. The number of thiophene rings is 1. The first-order valence-electron chi connectivity index (χ1n) is 9.50. The summed E-state index contributed by atoms with van der Waals surface area (Å²) in [6, 6.07) is 6.24. The number of carbonyl (C=O) groups is 1. The van der Waals surface area contributed by atoms with Gasteiger partial charge in [-0.3, -0.25) is 9.52 Å². The normalized spacial score (nSPS) is 14.1. The van der Waals surface area contributed by atoms with Gasteiger partial charge in [-0.25, -0.2) is 13.4 Å². The number of methoxy groups -OCH3 is 1. The van der Waals surface area contributed by atoms with E-state index in [1.807, 2.05) is 11.8 Å². The van der Waals surface area contributed by atoms with Gasteiger partial charge in [0, 0.05) is 24.0 Å². The summed E-state index contributed by atoms with van der Waals surface area (Å²) in [4.78, 5) is 19.7. The van der Waals surface area contributed by atoms with Crippen molar-refractivity contribution in [3.8, 4) is 16.3 Å². The third-order valence-electron chi connectivity index (χ3n) is 4.88. The van der Waals surface area contributed by atoms with Gasteiger partial charge in [0.2, 0.25) is 0 Å². The minimum atomic E-state index is -3.80. The van der Waals surface area contributed by atoms with E-state index in [0.717, 1.165) is 37.3 Å². The molecule has 0 atom stereocenters. The Hall–Kier alpha value is -2.14. The van der Waals surface area contributed by atoms with Gasteiger partial charge < -0.3 is 9.64 Å². The van der Waals surface area contributed by atoms with Gasteiger partial charge in [0.1, 0.15) is 19.8 Å². The minimum Gasteiger partial charge on any atom is -0.495 e. The minimum absolute atomic E-state index is 0.000115. The van der Waals surface area contributed by atoms with E-state index >= 15 is 0 Å². The number of thiazole rings is 1. The lowest BCUT2D eigenvalue weighted by Gasteiger charge is -2.13. The second kappa shape index (κ2) is 8.78. The lowest BCUT2D eigenvalue weighted by Crippen LogP contribution is -2.27. The van der Waals surface area contributed by atoms with Crippen LogP contribution in [-0.2, 0) is 10.0 Å². The predicted molar refractivity (Wildman–Crippen MR) is 124 cm³/mol. The molecule has 1 aromatic carbocycles. The Morgan fingerprint density at radius 1 is 1.26 bits per heavy atom. The van der Waals surface area contributed by atoms with Crippen molar-refractivity contribution in [1.29, 1.82) is 0 Å². The van der Waals surface area contributed by atoms with Gasteiger partial charge in [0.05, 0.1) is 23.5 Å². The standard InChI is InChI=1S/C20H20ClN3O4S3/c1-12-18(20(25)24-7-3-4-8-24)30-19(22-12)13-9-17(29-11-13)31(26,27)23-14-5-6-16(28-2)15(21)10-14/h5-6,9-11,23H,3-4,7-8H2,1-2H3. The van der Waals surface area contributed by atoms with Crippen LogP contribution in [0.25, 0.3) is 10.6 Å². The molecule has 1 aliphatic heterocycles. The largest absolute Gasteiger partial charge is 0.495 e. The molecule has 31 heavy (non-hydrogen) atoms. The molecule has 1 saturated heterocycles. The van der Waals surface area contributed by atoms with Crippen molar-refractivity contribution in [2.24, 2.45) is 0 Å². The van der Waals surface area contributed by atoms with E-state index in [1.165, 1.54) is 24.5 Å². The quantitative estimate of drug-likeness (QED) is 0.524. The van der Waals surface area contributed by atoms with Crippen LogP contribution >= 0.6 is 34.3 Å². The maximum Gasteiger partial charge on any atom is 0.271 e. The Labute approximate surface area is 193 Å². The number of carbonyl (C=O) groups excluding carboxylic acids is 1. The van der Waals surface area contributed by atoms with Crippen LogP contribution in [0, 0.1) is 6.92 Å². The molecular formula is C20H20ClN3O4S3. The Balaban J connectivity index is 1.55. The van der Waals surface area contributed by atoms with Crippen LogP contribution in [0.4, 0.5) is 5.69 Å². The fourth-order valence-electron chi connectivity index (χ4n) is 3.29. The van der Waals surface area contributed by atoms with Crippen LogP contribution in [-0.4, -0.2) is 44.4 Å². The summed E-state index contributed by atoms with van der Waals surface area (Å²) >= 11 is 8.48. The molecule has 1 amide bonds. The number of anilines is 1. The third kappa shape index (κ3) is 4.57. The van der Waals surface area contributed by atoms with Crippen molar-refractivity contribution >= 4 is 55.9 Å². The van der Waals surface area contributed by atoms with E-state index in [0.29, 0.717) is 37.6 Å². The number of nitrogens with one attached hydrogen (secondary N) is 1. The van der Waals surface area contributed by atoms with Crippen molar-refractivity contribution in [1.82, 2.24) is 9.88 Å². The van der Waals surface area contributed by atoms with Crippen molar-refractivity contribution in [2.45, 2.75) is 24.0 Å². The molecule has 3 heterocycles. The van der Waals surface area contributed by atoms with Gasteiger partial charge in [0.15, 0.2) is 0 Å². The van der Waals surface area contributed by atoms with Gasteiger partial charge in [-0.1, -0.05) is 11.6 Å². The first-order chi connectivity index (χ1) is 14.8. The van der Waals surface area contributed by atoms with Gasteiger partial charge in [-0.2, -0.15) is 0 Å². The highest BCUT2D eigenvalue weighted by Crippen LogP contribution is 2.35. The van der Waals surface area contributed by atoms with Crippen LogP contribution in [0.5, 0.6) is 5.75 Å². The van der Waals surface area contributed by atoms with Crippen molar-refractivity contribution in [3.05, 3.63) is 45.2 Å². The number of aryl methyl sites for hydroxylation is 1. The fourth-order valence-corrected chi connectivity index (χ4v) is 6.85. The molecule has 1 N–H and O–H groups in total. The summed E-state index contributed by atoms with van der Waals surface area (Å²) in [6.45, 7) is 3.35. The summed E-state index contributed by atoms with van der Waals surface area (Å²) in [6.07, 6.45) is 2.04. The summed E-state index contributed by atoms with van der Waals surface area (Å²) in [5.74, 6) is 0.460. The maximum atomic E-state index is 12.8. The molecule has 0 spiro atoms. The number of likely N-dealkylation sites (tertiary alicyclic amines) is 1. The Morgan fingerprint density at radius 3 is 2.68 bits per heavy atom. The zero-order valence-corrected chi connectivity index (χ0v) is 20.1.